The lowest BCUT2D eigenvalue weighted by Gasteiger charge is -2.30. The van der Waals surface area contributed by atoms with Gasteiger partial charge in [-0.1, -0.05) is 30.3 Å². The molecule has 0 fully saturated rings. The number of hydrogen-bond acceptors (Lipinski definition) is 4. The van der Waals surface area contributed by atoms with Gasteiger partial charge in [0.15, 0.2) is 5.78 Å². The molecular formula is C18H27NO4. The Labute approximate surface area is 138 Å². The van der Waals surface area contributed by atoms with Gasteiger partial charge in [-0.15, -0.1) is 0 Å². The Kier molecular flexibility index (Phi) is 7.23. The minimum atomic E-state index is -0.614. The van der Waals surface area contributed by atoms with Gasteiger partial charge in [0.25, 0.3) is 0 Å². The highest BCUT2D eigenvalue weighted by Crippen LogP contribution is 2.15. The number of aliphatic hydroxyl groups is 1. The molecular weight excluding hydrogens is 294 g/mol. The molecule has 0 heterocycles. The first-order chi connectivity index (χ1) is 10.7. The van der Waals surface area contributed by atoms with Crippen LogP contribution in [0.1, 0.15) is 39.2 Å². The molecule has 128 valence electrons. The minimum Gasteiger partial charge on any atom is -0.444 e. The molecule has 0 spiro atoms. The molecule has 0 unspecified atom stereocenters. The molecule has 0 bridgehead atoms. The van der Waals surface area contributed by atoms with Crippen molar-refractivity contribution >= 4 is 11.9 Å². The van der Waals surface area contributed by atoms with E-state index in [1.807, 2.05) is 30.3 Å². The second-order valence-electron chi connectivity index (χ2n) is 6.59. The Morgan fingerprint density at radius 2 is 1.83 bits per heavy atom. The van der Waals surface area contributed by atoms with E-state index in [2.05, 4.69) is 0 Å². The maximum atomic E-state index is 12.5. The van der Waals surface area contributed by atoms with Crippen LogP contribution in [-0.2, 0) is 16.0 Å². The third-order valence-corrected chi connectivity index (χ3v) is 3.37. The van der Waals surface area contributed by atoms with E-state index < -0.39 is 17.7 Å². The van der Waals surface area contributed by atoms with Crippen molar-refractivity contribution in [2.24, 2.45) is 0 Å². The van der Waals surface area contributed by atoms with E-state index in [9.17, 15) is 9.59 Å². The van der Waals surface area contributed by atoms with Crippen molar-refractivity contribution in [1.29, 1.82) is 0 Å². The van der Waals surface area contributed by atoms with Crippen molar-refractivity contribution in [3.63, 3.8) is 0 Å². The summed E-state index contributed by atoms with van der Waals surface area (Å²) in [4.78, 5) is 26.1. The zero-order valence-electron chi connectivity index (χ0n) is 14.4. The fourth-order valence-electron chi connectivity index (χ4n) is 2.19. The molecule has 1 aromatic carbocycles. The monoisotopic (exact) mass is 321 g/mol. The summed E-state index contributed by atoms with van der Waals surface area (Å²) in [7, 11) is 1.58. The Balaban J connectivity index is 2.89. The fraction of sp³-hybridized carbons (Fsp3) is 0.556. The molecule has 0 saturated heterocycles. The van der Waals surface area contributed by atoms with Crippen LogP contribution in [0.2, 0.25) is 0 Å². The van der Waals surface area contributed by atoms with E-state index in [1.54, 1.807) is 27.8 Å². The number of hydrogen-bond donors (Lipinski definition) is 1. The molecule has 0 aliphatic rings. The molecule has 0 aliphatic heterocycles. The van der Waals surface area contributed by atoms with Crippen LogP contribution in [0.4, 0.5) is 4.79 Å². The number of nitrogens with zero attached hydrogens (tertiary/aromatic N) is 1. The molecule has 5 nitrogen and oxygen atoms in total. The maximum absolute atomic E-state index is 12.5. The topological polar surface area (TPSA) is 66.8 Å². The number of rotatable bonds is 7. The first kappa shape index (κ1) is 19.2. The average molecular weight is 321 g/mol. The molecule has 0 saturated carbocycles. The lowest BCUT2D eigenvalue weighted by molar-refractivity contribution is -0.124. The van der Waals surface area contributed by atoms with E-state index in [1.165, 1.54) is 4.90 Å². The lowest BCUT2D eigenvalue weighted by Crippen LogP contribution is -2.46. The van der Waals surface area contributed by atoms with E-state index in [4.69, 9.17) is 9.84 Å². The molecule has 1 amide bonds. The SMILES string of the molecule is CN(C(=O)OC(C)(C)C)[C@H](Cc1ccccc1)C(=O)CCCO. The van der Waals surface area contributed by atoms with Gasteiger partial charge >= 0.3 is 6.09 Å². The summed E-state index contributed by atoms with van der Waals surface area (Å²) < 4.78 is 5.36. The standard InChI is InChI=1S/C18H27NO4/c1-18(2,3)23-17(22)19(4)15(16(21)11-8-12-20)13-14-9-6-5-7-10-14/h5-7,9-10,15,20H,8,11-13H2,1-4H3/t15-/m1/s1. The Bertz CT molecular complexity index is 508. The van der Waals surface area contributed by atoms with Gasteiger partial charge < -0.3 is 14.7 Å². The Morgan fingerprint density at radius 3 is 2.35 bits per heavy atom. The van der Waals surface area contributed by atoms with Crippen LogP contribution in [0.25, 0.3) is 0 Å². The van der Waals surface area contributed by atoms with E-state index in [-0.39, 0.29) is 18.8 Å². The molecule has 0 aromatic heterocycles. The quantitative estimate of drug-likeness (QED) is 0.838. The molecule has 0 radical (unpaired) electrons. The third kappa shape index (κ3) is 6.82. The summed E-state index contributed by atoms with van der Waals surface area (Å²) in [6, 6.07) is 8.96. The predicted molar refractivity (Wildman–Crippen MR) is 89.3 cm³/mol. The van der Waals surface area contributed by atoms with Crippen molar-refractivity contribution in [2.75, 3.05) is 13.7 Å². The summed E-state index contributed by atoms with van der Waals surface area (Å²) in [6.07, 6.45) is 0.546. The largest absolute Gasteiger partial charge is 0.444 e. The van der Waals surface area contributed by atoms with Crippen molar-refractivity contribution in [1.82, 2.24) is 4.90 Å². The van der Waals surface area contributed by atoms with Crippen LogP contribution >= 0.6 is 0 Å². The molecule has 0 aliphatic carbocycles. The number of carbonyl (C=O) groups is 2. The normalized spacial score (nSPS) is 12.6. The minimum absolute atomic E-state index is 0.0417. The smallest absolute Gasteiger partial charge is 0.410 e. The van der Waals surface area contributed by atoms with Gasteiger partial charge in [0.05, 0.1) is 6.04 Å². The second kappa shape index (κ2) is 8.67. The van der Waals surface area contributed by atoms with E-state index in [0.717, 1.165) is 5.56 Å². The first-order valence-corrected chi connectivity index (χ1v) is 7.88. The van der Waals surface area contributed by atoms with Crippen LogP contribution in [0.3, 0.4) is 0 Å². The number of carbonyl (C=O) groups excluding carboxylic acids is 2. The van der Waals surface area contributed by atoms with E-state index >= 15 is 0 Å². The van der Waals surface area contributed by atoms with Crippen molar-refractivity contribution in [3.8, 4) is 0 Å². The van der Waals surface area contributed by atoms with Crippen molar-refractivity contribution < 1.29 is 19.4 Å². The molecule has 1 aromatic rings. The second-order valence-corrected chi connectivity index (χ2v) is 6.59. The zero-order valence-corrected chi connectivity index (χ0v) is 14.4. The maximum Gasteiger partial charge on any atom is 0.410 e. The fourth-order valence-corrected chi connectivity index (χ4v) is 2.19. The van der Waals surface area contributed by atoms with Gasteiger partial charge in [0.2, 0.25) is 0 Å². The summed E-state index contributed by atoms with van der Waals surface area (Å²) in [6.45, 7) is 5.33. The highest BCUT2D eigenvalue weighted by atomic mass is 16.6. The number of ketones is 1. The van der Waals surface area contributed by atoms with Crippen LogP contribution in [0.15, 0.2) is 30.3 Å². The predicted octanol–water partition coefficient (Wildman–Crippen LogP) is 2.81. The summed E-state index contributed by atoms with van der Waals surface area (Å²) >= 11 is 0. The summed E-state index contributed by atoms with van der Waals surface area (Å²) in [5.41, 5.74) is 0.363. The first-order valence-electron chi connectivity index (χ1n) is 7.88. The highest BCUT2D eigenvalue weighted by molar-refractivity contribution is 5.87. The molecule has 23 heavy (non-hydrogen) atoms. The van der Waals surface area contributed by atoms with Gasteiger partial charge in [0, 0.05) is 26.5 Å². The van der Waals surface area contributed by atoms with Crippen LogP contribution in [0.5, 0.6) is 0 Å². The summed E-state index contributed by atoms with van der Waals surface area (Å²) in [5, 5.41) is 8.93. The highest BCUT2D eigenvalue weighted by Gasteiger charge is 2.29. The van der Waals surface area contributed by atoms with Gasteiger partial charge in [-0.2, -0.15) is 0 Å². The number of Topliss-reactive ketones (excluding diaryl/α,β-unsaturated/α-hetero) is 1. The average Bonchev–Trinajstić information content (AvgIpc) is 2.49. The van der Waals surface area contributed by atoms with Crippen molar-refractivity contribution in [3.05, 3.63) is 35.9 Å². The molecule has 1 atom stereocenters. The Hall–Kier alpha value is -1.88. The van der Waals surface area contributed by atoms with E-state index in [0.29, 0.717) is 12.8 Å². The molecule has 5 heteroatoms. The van der Waals surface area contributed by atoms with Gasteiger partial charge in [-0.25, -0.2) is 4.79 Å². The number of aliphatic hydroxyl groups excluding tert-OH is 1. The number of benzene rings is 1. The van der Waals surface area contributed by atoms with Crippen LogP contribution in [0, 0.1) is 0 Å². The Morgan fingerprint density at radius 1 is 1.22 bits per heavy atom. The van der Waals surface area contributed by atoms with Gasteiger partial charge in [-0.3, -0.25) is 4.79 Å². The molecule has 1 rings (SSSR count). The number of amides is 1. The van der Waals surface area contributed by atoms with Gasteiger partial charge in [0.1, 0.15) is 5.60 Å². The summed E-state index contributed by atoms with van der Waals surface area (Å²) in [5.74, 6) is -0.0729. The number of likely N-dealkylation sites (N-methyl/N-ethyl adjacent to an activating group) is 1. The number of ether oxygens (including phenoxy) is 1. The molecule has 1 N–H and O–H groups in total. The lowest BCUT2D eigenvalue weighted by atomic mass is 9.99. The van der Waals surface area contributed by atoms with Crippen molar-refractivity contribution in [2.45, 2.75) is 51.7 Å². The zero-order chi connectivity index (χ0) is 17.5. The van der Waals surface area contributed by atoms with Gasteiger partial charge in [-0.05, 0) is 32.8 Å². The van der Waals surface area contributed by atoms with Crippen LogP contribution < -0.4 is 0 Å². The van der Waals surface area contributed by atoms with Crippen LogP contribution in [-0.4, -0.2) is 47.2 Å². The third-order valence-electron chi connectivity index (χ3n) is 3.37.